The molecule has 0 saturated carbocycles. The van der Waals surface area contributed by atoms with Crippen molar-refractivity contribution in [1.82, 2.24) is 9.78 Å². The summed E-state index contributed by atoms with van der Waals surface area (Å²) in [7, 11) is 0. The van der Waals surface area contributed by atoms with Gasteiger partial charge in [0.2, 0.25) is 0 Å². The second-order valence-corrected chi connectivity index (χ2v) is 5.10. The van der Waals surface area contributed by atoms with Gasteiger partial charge in [0.05, 0.1) is 26.4 Å². The molecule has 0 aliphatic carbocycles. The van der Waals surface area contributed by atoms with Crippen molar-refractivity contribution >= 4 is 45.8 Å². The maximum Gasteiger partial charge on any atom is 0.0674 e. The van der Waals surface area contributed by atoms with Crippen LogP contribution in [0.15, 0.2) is 30.6 Å². The highest BCUT2D eigenvalue weighted by atomic mass is 127. The normalized spacial score (nSPS) is 10.6. The Kier molecular flexibility index (Phi) is 3.53. The number of halogens is 3. The molecule has 1 aromatic heterocycles. The molecule has 0 aliphatic heterocycles. The van der Waals surface area contributed by atoms with E-state index in [0.717, 1.165) is 9.13 Å². The minimum absolute atomic E-state index is 0.580. The molecule has 0 fully saturated rings. The van der Waals surface area contributed by atoms with Crippen LogP contribution in [0.5, 0.6) is 0 Å². The third kappa shape index (κ3) is 2.65. The molecule has 2 rings (SSSR count). The molecule has 0 atom stereocenters. The van der Waals surface area contributed by atoms with Gasteiger partial charge in [-0.15, -0.1) is 0 Å². The summed E-state index contributed by atoms with van der Waals surface area (Å²) in [6, 6.07) is 5.61. The molecular weight excluding hydrogens is 346 g/mol. The van der Waals surface area contributed by atoms with Crippen LogP contribution in [0, 0.1) is 3.57 Å². The fourth-order valence-electron chi connectivity index (χ4n) is 1.27. The average Bonchev–Trinajstić information content (AvgIpc) is 2.59. The van der Waals surface area contributed by atoms with Crippen LogP contribution in [0.25, 0.3) is 0 Å². The number of hydrogen-bond donors (Lipinski definition) is 0. The van der Waals surface area contributed by atoms with Crippen LogP contribution in [0.4, 0.5) is 0 Å². The Hall–Kier alpha value is -0.260. The van der Waals surface area contributed by atoms with E-state index in [4.69, 9.17) is 23.2 Å². The van der Waals surface area contributed by atoms with Crippen LogP contribution in [-0.2, 0) is 6.54 Å². The van der Waals surface area contributed by atoms with E-state index in [1.807, 2.05) is 23.0 Å². The smallest absolute Gasteiger partial charge is 0.0674 e. The van der Waals surface area contributed by atoms with Crippen LogP contribution < -0.4 is 0 Å². The van der Waals surface area contributed by atoms with E-state index in [0.29, 0.717) is 16.6 Å². The summed E-state index contributed by atoms with van der Waals surface area (Å²) < 4.78 is 2.94. The zero-order chi connectivity index (χ0) is 10.8. The fourth-order valence-corrected chi connectivity index (χ4v) is 2.10. The van der Waals surface area contributed by atoms with Crippen molar-refractivity contribution in [2.45, 2.75) is 6.54 Å². The lowest BCUT2D eigenvalue weighted by atomic mass is 10.2. The maximum absolute atomic E-state index is 6.07. The summed E-state index contributed by atoms with van der Waals surface area (Å²) in [4.78, 5) is 0. The van der Waals surface area contributed by atoms with E-state index in [9.17, 15) is 0 Å². The quantitative estimate of drug-likeness (QED) is 0.751. The molecule has 5 heteroatoms. The van der Waals surface area contributed by atoms with Crippen molar-refractivity contribution in [2.75, 3.05) is 0 Å². The summed E-state index contributed by atoms with van der Waals surface area (Å²) in [5.41, 5.74) is 0.976. The highest BCUT2D eigenvalue weighted by molar-refractivity contribution is 14.1. The zero-order valence-electron chi connectivity index (χ0n) is 7.62. The predicted octanol–water partition coefficient (Wildman–Crippen LogP) is 3.84. The van der Waals surface area contributed by atoms with Crippen molar-refractivity contribution in [2.24, 2.45) is 0 Å². The number of nitrogens with zero attached hydrogens (tertiary/aromatic N) is 2. The van der Waals surface area contributed by atoms with Crippen LogP contribution in [-0.4, -0.2) is 9.78 Å². The van der Waals surface area contributed by atoms with Crippen molar-refractivity contribution in [3.8, 4) is 0 Å². The Morgan fingerprint density at radius 1 is 1.33 bits per heavy atom. The number of aromatic nitrogens is 2. The lowest BCUT2D eigenvalue weighted by Gasteiger charge is -2.05. The third-order valence-corrected chi connectivity index (χ3v) is 3.38. The van der Waals surface area contributed by atoms with Gasteiger partial charge in [0.15, 0.2) is 0 Å². The van der Waals surface area contributed by atoms with E-state index in [-0.39, 0.29) is 0 Å². The first-order chi connectivity index (χ1) is 7.16. The van der Waals surface area contributed by atoms with Crippen LogP contribution in [0.2, 0.25) is 10.0 Å². The standard InChI is InChI=1S/C10H7Cl2IN2/c11-9-3-1-2-7(10(9)12)5-15-6-8(13)4-14-15/h1-4,6H,5H2. The highest BCUT2D eigenvalue weighted by Gasteiger charge is 2.05. The summed E-state index contributed by atoms with van der Waals surface area (Å²) in [6.07, 6.45) is 3.76. The molecule has 2 aromatic rings. The summed E-state index contributed by atoms with van der Waals surface area (Å²) in [6.45, 7) is 0.641. The van der Waals surface area contributed by atoms with Crippen LogP contribution >= 0.6 is 45.8 Å². The predicted molar refractivity (Wildman–Crippen MR) is 70.5 cm³/mol. The number of benzene rings is 1. The second kappa shape index (κ2) is 4.72. The van der Waals surface area contributed by atoms with Crippen molar-refractivity contribution < 1.29 is 0 Å². The zero-order valence-corrected chi connectivity index (χ0v) is 11.3. The molecule has 0 aliphatic rings. The largest absolute Gasteiger partial charge is 0.267 e. The van der Waals surface area contributed by atoms with Crippen LogP contribution in [0.3, 0.4) is 0 Å². The van der Waals surface area contributed by atoms with E-state index >= 15 is 0 Å². The Labute approximate surface area is 111 Å². The maximum atomic E-state index is 6.07. The number of rotatable bonds is 2. The fraction of sp³-hybridized carbons (Fsp3) is 0.100. The molecule has 0 amide bonds. The van der Waals surface area contributed by atoms with Crippen molar-refractivity contribution in [3.63, 3.8) is 0 Å². The lowest BCUT2D eigenvalue weighted by Crippen LogP contribution is -2.00. The molecule has 0 radical (unpaired) electrons. The first-order valence-electron chi connectivity index (χ1n) is 4.27. The van der Waals surface area contributed by atoms with Gasteiger partial charge in [-0.2, -0.15) is 5.10 Å². The molecule has 0 bridgehead atoms. The molecular formula is C10H7Cl2IN2. The van der Waals surface area contributed by atoms with Gasteiger partial charge < -0.3 is 0 Å². The van der Waals surface area contributed by atoms with Crippen LogP contribution in [0.1, 0.15) is 5.56 Å². The van der Waals surface area contributed by atoms with E-state index < -0.39 is 0 Å². The Morgan fingerprint density at radius 3 is 2.80 bits per heavy atom. The molecule has 15 heavy (non-hydrogen) atoms. The molecule has 0 unspecified atom stereocenters. The van der Waals surface area contributed by atoms with E-state index in [2.05, 4.69) is 27.7 Å². The topological polar surface area (TPSA) is 17.8 Å². The number of hydrogen-bond acceptors (Lipinski definition) is 1. The molecule has 78 valence electrons. The third-order valence-electron chi connectivity index (χ3n) is 1.97. The van der Waals surface area contributed by atoms with E-state index in [1.165, 1.54) is 0 Å². The van der Waals surface area contributed by atoms with Gasteiger partial charge in [0, 0.05) is 6.20 Å². The Bertz CT molecular complexity index is 482. The molecule has 0 saturated heterocycles. The Balaban J connectivity index is 2.28. The molecule has 1 aromatic carbocycles. The van der Waals surface area contributed by atoms with Crippen molar-refractivity contribution in [3.05, 3.63) is 49.8 Å². The van der Waals surface area contributed by atoms with Crippen molar-refractivity contribution in [1.29, 1.82) is 0 Å². The van der Waals surface area contributed by atoms with Gasteiger partial charge >= 0.3 is 0 Å². The SMILES string of the molecule is Clc1cccc(Cn2cc(I)cn2)c1Cl. The van der Waals surface area contributed by atoms with Gasteiger partial charge in [-0.05, 0) is 34.2 Å². The molecule has 1 heterocycles. The summed E-state index contributed by atoms with van der Waals surface area (Å²) in [5, 5.41) is 5.37. The Morgan fingerprint density at radius 2 is 2.13 bits per heavy atom. The minimum Gasteiger partial charge on any atom is -0.267 e. The van der Waals surface area contributed by atoms with Gasteiger partial charge in [-0.3, -0.25) is 4.68 Å². The highest BCUT2D eigenvalue weighted by Crippen LogP contribution is 2.25. The van der Waals surface area contributed by atoms with Gasteiger partial charge in [-0.25, -0.2) is 0 Å². The van der Waals surface area contributed by atoms with Gasteiger partial charge in [0.25, 0.3) is 0 Å². The first-order valence-corrected chi connectivity index (χ1v) is 6.11. The minimum atomic E-state index is 0.580. The molecule has 0 N–H and O–H groups in total. The second-order valence-electron chi connectivity index (χ2n) is 3.07. The molecule has 2 nitrogen and oxygen atoms in total. The van der Waals surface area contributed by atoms with E-state index in [1.54, 1.807) is 12.3 Å². The summed E-state index contributed by atoms with van der Waals surface area (Å²) >= 11 is 14.2. The lowest BCUT2D eigenvalue weighted by molar-refractivity contribution is 0.687. The summed E-state index contributed by atoms with van der Waals surface area (Å²) in [5.74, 6) is 0. The van der Waals surface area contributed by atoms with Gasteiger partial charge in [0.1, 0.15) is 0 Å². The molecule has 0 spiro atoms. The average molecular weight is 353 g/mol. The monoisotopic (exact) mass is 352 g/mol. The first kappa shape index (κ1) is 11.2. The van der Waals surface area contributed by atoms with Gasteiger partial charge in [-0.1, -0.05) is 35.3 Å².